The summed E-state index contributed by atoms with van der Waals surface area (Å²) < 4.78 is 0. The molecule has 5 nitrogen and oxygen atoms in total. The van der Waals surface area contributed by atoms with Crippen LogP contribution >= 0.6 is 11.3 Å². The van der Waals surface area contributed by atoms with Crippen molar-refractivity contribution in [1.29, 1.82) is 0 Å². The van der Waals surface area contributed by atoms with Crippen molar-refractivity contribution in [3.05, 3.63) is 95.7 Å². The van der Waals surface area contributed by atoms with Gasteiger partial charge in [0.15, 0.2) is 5.13 Å². The molecule has 2 N–H and O–H groups in total. The van der Waals surface area contributed by atoms with Crippen molar-refractivity contribution in [2.45, 2.75) is 19.8 Å². The normalized spacial score (nSPS) is 13.0. The van der Waals surface area contributed by atoms with Crippen LogP contribution in [0.1, 0.15) is 39.1 Å². The number of benzene rings is 3. The SMILES string of the molecule is Cc1ccc(C(=O)N(CC2CC2)c2ncc(-c3ccccc3)s2)cc1-c1ccc(C(N)=O)cc1. The Bertz CT molecular complexity index is 1340. The molecule has 1 aliphatic carbocycles. The number of hydrogen-bond donors (Lipinski definition) is 1. The lowest BCUT2D eigenvalue weighted by Gasteiger charge is -2.20. The van der Waals surface area contributed by atoms with Gasteiger partial charge >= 0.3 is 0 Å². The summed E-state index contributed by atoms with van der Waals surface area (Å²) in [4.78, 5) is 32.6. The number of carbonyl (C=O) groups is 2. The lowest BCUT2D eigenvalue weighted by molar-refractivity contribution is 0.0982. The maximum atomic E-state index is 13.7. The maximum absolute atomic E-state index is 13.7. The molecule has 0 aliphatic heterocycles. The Morgan fingerprint density at radius 1 is 0.971 bits per heavy atom. The Morgan fingerprint density at radius 2 is 1.68 bits per heavy atom. The number of rotatable bonds is 7. The van der Waals surface area contributed by atoms with E-state index in [0.29, 0.717) is 23.6 Å². The van der Waals surface area contributed by atoms with Crippen molar-refractivity contribution >= 4 is 28.3 Å². The van der Waals surface area contributed by atoms with E-state index in [-0.39, 0.29) is 5.91 Å². The van der Waals surface area contributed by atoms with Gasteiger partial charge in [-0.1, -0.05) is 59.9 Å². The number of carbonyl (C=O) groups excluding carboxylic acids is 2. The van der Waals surface area contributed by atoms with Gasteiger partial charge in [0.05, 0.1) is 4.88 Å². The highest BCUT2D eigenvalue weighted by Crippen LogP contribution is 2.36. The van der Waals surface area contributed by atoms with Crippen LogP contribution in [0.5, 0.6) is 0 Å². The topological polar surface area (TPSA) is 76.3 Å². The highest BCUT2D eigenvalue weighted by Gasteiger charge is 2.30. The van der Waals surface area contributed by atoms with Gasteiger partial charge in [-0.15, -0.1) is 0 Å². The standard InChI is InChI=1S/C28H25N3O2S/c1-18-7-10-23(15-24(18)20-11-13-22(14-12-20)26(29)32)27(33)31(17-19-8-9-19)28-30-16-25(34-28)21-5-3-2-4-6-21/h2-7,10-16,19H,8-9,17H2,1H3,(H2,29,32). The molecule has 0 atom stereocenters. The summed E-state index contributed by atoms with van der Waals surface area (Å²) in [5.41, 5.74) is 10.5. The molecule has 0 spiro atoms. The zero-order chi connectivity index (χ0) is 23.7. The summed E-state index contributed by atoms with van der Waals surface area (Å²) in [6.07, 6.45) is 4.14. The number of thiazole rings is 1. The Morgan fingerprint density at radius 3 is 2.35 bits per heavy atom. The van der Waals surface area contributed by atoms with E-state index in [1.807, 2.05) is 66.6 Å². The number of aryl methyl sites for hydroxylation is 1. The molecule has 1 aliphatic rings. The number of nitrogens with zero attached hydrogens (tertiary/aromatic N) is 2. The molecule has 1 aromatic heterocycles. The number of hydrogen-bond acceptors (Lipinski definition) is 4. The molecule has 0 radical (unpaired) electrons. The summed E-state index contributed by atoms with van der Waals surface area (Å²) in [6.45, 7) is 2.69. The second kappa shape index (κ2) is 9.23. The van der Waals surface area contributed by atoms with E-state index in [2.05, 4.69) is 17.1 Å². The van der Waals surface area contributed by atoms with Gasteiger partial charge in [0, 0.05) is 23.9 Å². The Kier molecular flexibility index (Phi) is 5.99. The van der Waals surface area contributed by atoms with Gasteiger partial charge in [0.2, 0.25) is 5.91 Å². The molecule has 6 heteroatoms. The lowest BCUT2D eigenvalue weighted by atomic mass is 9.96. The van der Waals surface area contributed by atoms with Gasteiger partial charge in [-0.25, -0.2) is 4.98 Å². The van der Waals surface area contributed by atoms with E-state index < -0.39 is 5.91 Å². The second-order valence-corrected chi connectivity index (χ2v) is 9.71. The average molecular weight is 468 g/mol. The van der Waals surface area contributed by atoms with Crippen molar-refractivity contribution in [3.8, 4) is 21.6 Å². The minimum absolute atomic E-state index is 0.0455. The van der Waals surface area contributed by atoms with E-state index in [9.17, 15) is 9.59 Å². The zero-order valence-electron chi connectivity index (χ0n) is 18.9. The third-order valence-corrected chi connectivity index (χ3v) is 7.20. The van der Waals surface area contributed by atoms with Crippen LogP contribution in [0.15, 0.2) is 79.0 Å². The van der Waals surface area contributed by atoms with Gasteiger partial charge in [-0.3, -0.25) is 14.5 Å². The highest BCUT2D eigenvalue weighted by atomic mass is 32.1. The molecule has 1 saturated carbocycles. The van der Waals surface area contributed by atoms with E-state index in [1.54, 1.807) is 23.5 Å². The molecule has 34 heavy (non-hydrogen) atoms. The minimum atomic E-state index is -0.457. The zero-order valence-corrected chi connectivity index (χ0v) is 19.7. The van der Waals surface area contributed by atoms with E-state index in [1.165, 1.54) is 0 Å². The van der Waals surface area contributed by atoms with Crippen molar-refractivity contribution < 1.29 is 9.59 Å². The molecule has 1 heterocycles. The second-order valence-electron chi connectivity index (χ2n) is 8.70. The number of primary amides is 1. The molecule has 0 unspecified atom stereocenters. The molecule has 3 aromatic carbocycles. The Hall–Kier alpha value is -3.77. The Balaban J connectivity index is 1.47. The van der Waals surface area contributed by atoms with Crippen LogP contribution in [-0.2, 0) is 0 Å². The van der Waals surface area contributed by atoms with Crippen molar-refractivity contribution in [1.82, 2.24) is 4.98 Å². The fourth-order valence-electron chi connectivity index (χ4n) is 3.97. The van der Waals surface area contributed by atoms with Crippen LogP contribution in [0, 0.1) is 12.8 Å². The largest absolute Gasteiger partial charge is 0.366 e. The molecule has 1 fully saturated rings. The lowest BCUT2D eigenvalue weighted by Crippen LogP contribution is -2.32. The minimum Gasteiger partial charge on any atom is -0.366 e. The Labute approximate surface area is 202 Å². The molecular weight excluding hydrogens is 442 g/mol. The van der Waals surface area contributed by atoms with Crippen molar-refractivity contribution in [3.63, 3.8) is 0 Å². The summed E-state index contributed by atoms with van der Waals surface area (Å²) >= 11 is 1.55. The van der Waals surface area contributed by atoms with Crippen LogP contribution in [-0.4, -0.2) is 23.3 Å². The van der Waals surface area contributed by atoms with Crippen molar-refractivity contribution in [2.24, 2.45) is 11.7 Å². The van der Waals surface area contributed by atoms with Crippen molar-refractivity contribution in [2.75, 3.05) is 11.4 Å². The first kappa shape index (κ1) is 22.0. The van der Waals surface area contributed by atoms with Crippen LogP contribution in [0.4, 0.5) is 5.13 Å². The molecule has 0 saturated heterocycles. The molecule has 0 bridgehead atoms. The van der Waals surface area contributed by atoms with E-state index in [4.69, 9.17) is 5.73 Å². The summed E-state index contributed by atoms with van der Waals surface area (Å²) in [7, 11) is 0. The van der Waals surface area contributed by atoms with Crippen LogP contribution in [0.2, 0.25) is 0 Å². The van der Waals surface area contributed by atoms with Crippen LogP contribution in [0.25, 0.3) is 21.6 Å². The predicted octanol–water partition coefficient (Wildman–Crippen LogP) is 5.94. The van der Waals surface area contributed by atoms with Crippen LogP contribution in [0.3, 0.4) is 0 Å². The molecule has 2 amide bonds. The maximum Gasteiger partial charge on any atom is 0.260 e. The number of nitrogens with two attached hydrogens (primary N) is 1. The quantitative estimate of drug-likeness (QED) is 0.365. The van der Waals surface area contributed by atoms with E-state index in [0.717, 1.165) is 45.1 Å². The third-order valence-electron chi connectivity index (χ3n) is 6.13. The highest BCUT2D eigenvalue weighted by molar-refractivity contribution is 7.19. The first-order chi connectivity index (χ1) is 16.5. The van der Waals surface area contributed by atoms with Crippen LogP contribution < -0.4 is 10.6 Å². The van der Waals surface area contributed by atoms with Gasteiger partial charge in [0.25, 0.3) is 5.91 Å². The smallest absolute Gasteiger partial charge is 0.260 e. The fourth-order valence-corrected chi connectivity index (χ4v) is 4.90. The molecule has 170 valence electrons. The van der Waals surface area contributed by atoms with E-state index >= 15 is 0 Å². The predicted molar refractivity (Wildman–Crippen MR) is 137 cm³/mol. The molecule has 4 aromatic rings. The summed E-state index contributed by atoms with van der Waals surface area (Å²) in [5.74, 6) is 0.0244. The number of aromatic nitrogens is 1. The fraction of sp³-hybridized carbons (Fsp3) is 0.179. The average Bonchev–Trinajstić information content (AvgIpc) is 3.56. The van der Waals surface area contributed by atoms with Gasteiger partial charge in [-0.05, 0) is 72.2 Å². The van der Waals surface area contributed by atoms with Gasteiger partial charge < -0.3 is 5.73 Å². The van der Waals surface area contributed by atoms with Gasteiger partial charge in [0.1, 0.15) is 0 Å². The summed E-state index contributed by atoms with van der Waals surface area (Å²) in [6, 6.07) is 23.1. The third kappa shape index (κ3) is 4.63. The number of amides is 2. The van der Waals surface area contributed by atoms with Gasteiger partial charge in [-0.2, -0.15) is 0 Å². The monoisotopic (exact) mass is 467 g/mol. The first-order valence-electron chi connectivity index (χ1n) is 11.3. The molecular formula is C28H25N3O2S. The summed E-state index contributed by atoms with van der Waals surface area (Å²) in [5, 5.41) is 0.726. The number of anilines is 1. The molecule has 5 rings (SSSR count). The first-order valence-corrected chi connectivity index (χ1v) is 12.2.